The van der Waals surface area contributed by atoms with Crippen molar-refractivity contribution in [1.29, 1.82) is 0 Å². The zero-order valence-corrected chi connectivity index (χ0v) is 11.2. The molecule has 0 aliphatic carbocycles. The van der Waals surface area contributed by atoms with Crippen molar-refractivity contribution in [2.45, 2.75) is 0 Å². The van der Waals surface area contributed by atoms with Gasteiger partial charge in [-0.15, -0.1) is 11.3 Å². The van der Waals surface area contributed by atoms with Gasteiger partial charge in [-0.1, -0.05) is 24.3 Å². The molecule has 102 valence electrons. The van der Waals surface area contributed by atoms with Crippen LogP contribution in [0.2, 0.25) is 0 Å². The van der Waals surface area contributed by atoms with Crippen LogP contribution < -0.4 is 5.32 Å². The van der Waals surface area contributed by atoms with Gasteiger partial charge in [-0.3, -0.25) is 14.9 Å². The molecule has 0 radical (unpaired) electrons. The first-order valence-corrected chi connectivity index (χ1v) is 6.64. The van der Waals surface area contributed by atoms with Crippen LogP contribution in [0.15, 0.2) is 47.8 Å². The molecule has 6 heteroatoms. The smallest absolute Gasteiger partial charge is 0.338 e. The molecule has 0 aliphatic heterocycles. The van der Waals surface area contributed by atoms with E-state index in [1.54, 1.807) is 47.8 Å². The highest BCUT2D eigenvalue weighted by molar-refractivity contribution is 7.12. The van der Waals surface area contributed by atoms with Crippen molar-refractivity contribution in [2.24, 2.45) is 0 Å². The lowest BCUT2D eigenvalue weighted by molar-refractivity contribution is -0.123. The monoisotopic (exact) mass is 289 g/mol. The summed E-state index contributed by atoms with van der Waals surface area (Å²) >= 11 is 1.22. The summed E-state index contributed by atoms with van der Waals surface area (Å²) < 4.78 is 4.81. The third-order valence-electron chi connectivity index (χ3n) is 2.34. The van der Waals surface area contributed by atoms with E-state index in [0.717, 1.165) is 0 Å². The second-order valence-electron chi connectivity index (χ2n) is 3.80. The minimum atomic E-state index is -0.660. The number of nitrogens with one attached hydrogen (secondary N) is 1. The maximum Gasteiger partial charge on any atom is 0.338 e. The number of carbonyl (C=O) groups is 3. The van der Waals surface area contributed by atoms with Crippen molar-refractivity contribution in [3.05, 3.63) is 58.3 Å². The Morgan fingerprint density at radius 1 is 1.05 bits per heavy atom. The Morgan fingerprint density at radius 2 is 1.80 bits per heavy atom. The fourth-order valence-corrected chi connectivity index (χ4v) is 2.04. The third-order valence-corrected chi connectivity index (χ3v) is 3.21. The summed E-state index contributed by atoms with van der Waals surface area (Å²) in [4.78, 5) is 35.1. The van der Waals surface area contributed by atoms with Crippen LogP contribution in [0.3, 0.4) is 0 Å². The molecular weight excluding hydrogens is 278 g/mol. The van der Waals surface area contributed by atoms with E-state index in [1.807, 2.05) is 0 Å². The first kappa shape index (κ1) is 14.0. The molecule has 1 aromatic heterocycles. The van der Waals surface area contributed by atoms with Crippen LogP contribution in [0.1, 0.15) is 20.0 Å². The van der Waals surface area contributed by atoms with Crippen molar-refractivity contribution in [3.8, 4) is 0 Å². The maximum atomic E-state index is 11.6. The number of rotatable bonds is 4. The molecule has 5 nitrogen and oxygen atoms in total. The molecule has 1 N–H and O–H groups in total. The van der Waals surface area contributed by atoms with Crippen molar-refractivity contribution in [2.75, 3.05) is 6.61 Å². The van der Waals surface area contributed by atoms with E-state index in [4.69, 9.17) is 4.74 Å². The number of hydrogen-bond donors (Lipinski definition) is 1. The number of hydrogen-bond acceptors (Lipinski definition) is 5. The second-order valence-corrected chi connectivity index (χ2v) is 4.74. The van der Waals surface area contributed by atoms with Crippen molar-refractivity contribution >= 4 is 29.1 Å². The van der Waals surface area contributed by atoms with Crippen LogP contribution >= 0.6 is 11.3 Å². The zero-order valence-electron chi connectivity index (χ0n) is 10.4. The van der Waals surface area contributed by atoms with E-state index in [9.17, 15) is 14.4 Å². The van der Waals surface area contributed by atoms with Gasteiger partial charge in [0.05, 0.1) is 10.4 Å². The van der Waals surface area contributed by atoms with Crippen LogP contribution in [0.5, 0.6) is 0 Å². The molecule has 0 saturated carbocycles. The van der Waals surface area contributed by atoms with Gasteiger partial charge >= 0.3 is 5.97 Å². The van der Waals surface area contributed by atoms with Gasteiger partial charge in [-0.25, -0.2) is 4.79 Å². The van der Waals surface area contributed by atoms with Crippen LogP contribution in [0.25, 0.3) is 0 Å². The Morgan fingerprint density at radius 3 is 2.45 bits per heavy atom. The lowest BCUT2D eigenvalue weighted by Crippen LogP contribution is -2.33. The number of esters is 1. The summed E-state index contributed by atoms with van der Waals surface area (Å²) in [6.07, 6.45) is 0. The minimum absolute atomic E-state index is 0.352. The van der Waals surface area contributed by atoms with E-state index in [1.165, 1.54) is 11.3 Å². The predicted octanol–water partition coefficient (Wildman–Crippen LogP) is 1.86. The van der Waals surface area contributed by atoms with Gasteiger partial charge in [0.25, 0.3) is 11.8 Å². The molecule has 1 heterocycles. The van der Waals surface area contributed by atoms with Gasteiger partial charge in [0, 0.05) is 0 Å². The predicted molar refractivity (Wildman–Crippen MR) is 73.5 cm³/mol. The lowest BCUT2D eigenvalue weighted by atomic mass is 10.2. The SMILES string of the molecule is O=C(COC(=O)c1ccccc1)NC(=O)c1cccs1. The lowest BCUT2D eigenvalue weighted by Gasteiger charge is -2.04. The number of carbonyl (C=O) groups excluding carboxylic acids is 3. The third kappa shape index (κ3) is 3.76. The fraction of sp³-hybridized carbons (Fsp3) is 0.0714. The Hall–Kier alpha value is -2.47. The fourth-order valence-electron chi connectivity index (χ4n) is 1.42. The first-order chi connectivity index (χ1) is 9.66. The molecule has 2 rings (SSSR count). The minimum Gasteiger partial charge on any atom is -0.452 e. The number of ether oxygens (including phenoxy) is 1. The van der Waals surface area contributed by atoms with Gasteiger partial charge in [0.1, 0.15) is 0 Å². The zero-order chi connectivity index (χ0) is 14.4. The summed E-state index contributed by atoms with van der Waals surface area (Å²) in [6.45, 7) is -0.495. The Balaban J connectivity index is 1.81. The number of benzene rings is 1. The molecule has 0 saturated heterocycles. The quantitative estimate of drug-likeness (QED) is 0.872. The highest BCUT2D eigenvalue weighted by Gasteiger charge is 2.13. The molecule has 1 aromatic carbocycles. The molecule has 20 heavy (non-hydrogen) atoms. The van der Waals surface area contributed by atoms with Gasteiger partial charge in [-0.05, 0) is 23.6 Å². The molecule has 0 bridgehead atoms. The van der Waals surface area contributed by atoms with E-state index < -0.39 is 24.4 Å². The summed E-state index contributed by atoms with van der Waals surface area (Å²) in [5, 5.41) is 3.88. The number of amides is 2. The summed E-state index contributed by atoms with van der Waals surface area (Å²) in [5.41, 5.74) is 0.352. The van der Waals surface area contributed by atoms with Crippen LogP contribution in [-0.2, 0) is 9.53 Å². The number of imide groups is 1. The van der Waals surface area contributed by atoms with E-state index in [-0.39, 0.29) is 0 Å². The number of thiophene rings is 1. The van der Waals surface area contributed by atoms with Crippen LogP contribution in [0, 0.1) is 0 Å². The van der Waals surface area contributed by atoms with Crippen molar-refractivity contribution < 1.29 is 19.1 Å². The van der Waals surface area contributed by atoms with E-state index >= 15 is 0 Å². The molecule has 0 unspecified atom stereocenters. The van der Waals surface area contributed by atoms with Crippen molar-refractivity contribution in [3.63, 3.8) is 0 Å². The molecule has 0 spiro atoms. The van der Waals surface area contributed by atoms with Crippen molar-refractivity contribution in [1.82, 2.24) is 5.32 Å². The van der Waals surface area contributed by atoms with Gasteiger partial charge in [-0.2, -0.15) is 0 Å². The van der Waals surface area contributed by atoms with E-state index in [2.05, 4.69) is 5.32 Å². The highest BCUT2D eigenvalue weighted by Crippen LogP contribution is 2.07. The summed E-state index contributed by atoms with van der Waals surface area (Å²) in [5.74, 6) is -1.77. The Kier molecular flexibility index (Phi) is 4.62. The van der Waals surface area contributed by atoms with Gasteiger partial charge in [0.15, 0.2) is 6.61 Å². The highest BCUT2D eigenvalue weighted by atomic mass is 32.1. The average Bonchev–Trinajstić information content (AvgIpc) is 3.00. The maximum absolute atomic E-state index is 11.6. The van der Waals surface area contributed by atoms with E-state index in [0.29, 0.717) is 10.4 Å². The normalized spacial score (nSPS) is 9.80. The molecule has 2 amide bonds. The standard InChI is InChI=1S/C14H11NO4S/c16-12(15-13(17)11-7-4-8-20-11)9-19-14(18)10-5-2-1-3-6-10/h1-8H,9H2,(H,15,16,17). The largest absolute Gasteiger partial charge is 0.452 e. The summed E-state index contributed by atoms with van der Waals surface area (Å²) in [7, 11) is 0. The average molecular weight is 289 g/mol. The molecule has 0 atom stereocenters. The summed E-state index contributed by atoms with van der Waals surface area (Å²) in [6, 6.07) is 11.6. The van der Waals surface area contributed by atoms with Gasteiger partial charge in [0.2, 0.25) is 0 Å². The molecule has 0 fully saturated rings. The second kappa shape index (κ2) is 6.63. The Labute approximate surface area is 119 Å². The molecular formula is C14H11NO4S. The first-order valence-electron chi connectivity index (χ1n) is 5.76. The van der Waals surface area contributed by atoms with Crippen LogP contribution in [0.4, 0.5) is 0 Å². The molecule has 0 aliphatic rings. The molecule has 2 aromatic rings. The topological polar surface area (TPSA) is 72.5 Å². The Bertz CT molecular complexity index is 607. The van der Waals surface area contributed by atoms with Crippen LogP contribution in [-0.4, -0.2) is 24.4 Å². The van der Waals surface area contributed by atoms with Gasteiger partial charge < -0.3 is 4.74 Å².